The summed E-state index contributed by atoms with van der Waals surface area (Å²) in [6.07, 6.45) is 2.92. The molecule has 0 radical (unpaired) electrons. The lowest BCUT2D eigenvalue weighted by atomic mass is 9.98. The van der Waals surface area contributed by atoms with Crippen molar-refractivity contribution in [1.29, 1.82) is 0 Å². The summed E-state index contributed by atoms with van der Waals surface area (Å²) in [5.41, 5.74) is 2.18. The van der Waals surface area contributed by atoms with Gasteiger partial charge in [-0.2, -0.15) is 0 Å². The summed E-state index contributed by atoms with van der Waals surface area (Å²) in [5, 5.41) is 9.52. The zero-order valence-electron chi connectivity index (χ0n) is 15.2. The molecule has 1 unspecified atom stereocenters. The SMILES string of the molecule is CNCCCCC(NC)C(=O)NC(c1ccccc1)c1ccccc1. The number of likely N-dealkylation sites (N-methyl/N-ethyl adjacent to an activating group) is 1. The van der Waals surface area contributed by atoms with Crippen molar-refractivity contribution in [3.05, 3.63) is 71.8 Å². The van der Waals surface area contributed by atoms with Crippen molar-refractivity contribution < 1.29 is 4.79 Å². The van der Waals surface area contributed by atoms with Gasteiger partial charge < -0.3 is 16.0 Å². The largest absolute Gasteiger partial charge is 0.344 e. The quantitative estimate of drug-likeness (QED) is 0.584. The third-order valence-corrected chi connectivity index (χ3v) is 4.39. The maximum atomic E-state index is 12.8. The van der Waals surface area contributed by atoms with Crippen LogP contribution in [0.3, 0.4) is 0 Å². The van der Waals surface area contributed by atoms with Crippen LogP contribution in [-0.2, 0) is 4.79 Å². The molecular weight excluding hydrogens is 310 g/mol. The normalized spacial score (nSPS) is 12.1. The average Bonchev–Trinajstić information content (AvgIpc) is 2.67. The first-order valence-corrected chi connectivity index (χ1v) is 8.98. The van der Waals surface area contributed by atoms with E-state index in [-0.39, 0.29) is 18.0 Å². The van der Waals surface area contributed by atoms with Crippen molar-refractivity contribution in [2.24, 2.45) is 0 Å². The molecule has 2 aromatic rings. The topological polar surface area (TPSA) is 53.2 Å². The molecule has 0 saturated carbocycles. The second-order valence-electron chi connectivity index (χ2n) is 6.20. The number of hydrogen-bond donors (Lipinski definition) is 3. The molecule has 0 aliphatic carbocycles. The molecule has 0 spiro atoms. The van der Waals surface area contributed by atoms with Gasteiger partial charge in [-0.15, -0.1) is 0 Å². The summed E-state index contributed by atoms with van der Waals surface area (Å²) >= 11 is 0. The highest BCUT2D eigenvalue weighted by Gasteiger charge is 2.21. The van der Waals surface area contributed by atoms with E-state index in [4.69, 9.17) is 0 Å². The first-order valence-electron chi connectivity index (χ1n) is 8.98. The van der Waals surface area contributed by atoms with E-state index in [2.05, 4.69) is 40.2 Å². The predicted octanol–water partition coefficient (Wildman–Crippen LogP) is 2.87. The predicted molar refractivity (Wildman–Crippen MR) is 103 cm³/mol. The van der Waals surface area contributed by atoms with Gasteiger partial charge in [0.25, 0.3) is 0 Å². The molecule has 2 rings (SSSR count). The van der Waals surface area contributed by atoms with Gasteiger partial charge in [0.2, 0.25) is 5.91 Å². The molecule has 0 aromatic heterocycles. The third-order valence-electron chi connectivity index (χ3n) is 4.39. The number of benzene rings is 2. The van der Waals surface area contributed by atoms with Crippen LogP contribution in [0.5, 0.6) is 0 Å². The minimum absolute atomic E-state index is 0.0460. The molecule has 0 saturated heterocycles. The molecule has 2 aromatic carbocycles. The Morgan fingerprint density at radius 3 is 1.92 bits per heavy atom. The fraction of sp³-hybridized carbons (Fsp3) is 0.381. The van der Waals surface area contributed by atoms with Crippen molar-refractivity contribution in [3.8, 4) is 0 Å². The summed E-state index contributed by atoms with van der Waals surface area (Å²) in [6, 6.07) is 19.9. The highest BCUT2D eigenvalue weighted by atomic mass is 16.2. The van der Waals surface area contributed by atoms with E-state index < -0.39 is 0 Å². The number of amides is 1. The fourth-order valence-corrected chi connectivity index (χ4v) is 2.95. The first kappa shape index (κ1) is 19.2. The molecule has 1 atom stereocenters. The van der Waals surface area contributed by atoms with E-state index in [1.165, 1.54) is 0 Å². The molecule has 4 nitrogen and oxygen atoms in total. The average molecular weight is 339 g/mol. The number of carbonyl (C=O) groups is 1. The lowest BCUT2D eigenvalue weighted by Gasteiger charge is -2.23. The molecule has 25 heavy (non-hydrogen) atoms. The van der Waals surface area contributed by atoms with E-state index in [0.29, 0.717) is 0 Å². The van der Waals surface area contributed by atoms with Crippen molar-refractivity contribution in [2.45, 2.75) is 31.3 Å². The molecule has 0 aliphatic heterocycles. The maximum absolute atomic E-state index is 12.8. The summed E-state index contributed by atoms with van der Waals surface area (Å²) < 4.78 is 0. The van der Waals surface area contributed by atoms with Crippen molar-refractivity contribution in [2.75, 3.05) is 20.6 Å². The molecule has 3 N–H and O–H groups in total. The molecule has 4 heteroatoms. The molecule has 1 amide bonds. The van der Waals surface area contributed by atoms with Crippen molar-refractivity contribution in [1.82, 2.24) is 16.0 Å². The highest BCUT2D eigenvalue weighted by Crippen LogP contribution is 2.22. The Morgan fingerprint density at radius 2 is 1.44 bits per heavy atom. The van der Waals surface area contributed by atoms with Crippen molar-refractivity contribution in [3.63, 3.8) is 0 Å². The van der Waals surface area contributed by atoms with Gasteiger partial charge in [0.05, 0.1) is 12.1 Å². The molecular formula is C21H29N3O. The fourth-order valence-electron chi connectivity index (χ4n) is 2.95. The van der Waals surface area contributed by atoms with Crippen LogP contribution in [0.1, 0.15) is 36.4 Å². The summed E-state index contributed by atoms with van der Waals surface area (Å²) in [6.45, 7) is 0.981. The summed E-state index contributed by atoms with van der Waals surface area (Å²) in [4.78, 5) is 12.8. The monoisotopic (exact) mass is 339 g/mol. The van der Waals surface area contributed by atoms with E-state index in [1.807, 2.05) is 50.5 Å². The Morgan fingerprint density at radius 1 is 0.880 bits per heavy atom. The number of carbonyl (C=O) groups excluding carboxylic acids is 1. The van der Waals surface area contributed by atoms with Gasteiger partial charge in [-0.05, 0) is 44.6 Å². The zero-order chi connectivity index (χ0) is 17.9. The summed E-state index contributed by atoms with van der Waals surface area (Å²) in [5.74, 6) is 0.0460. The minimum Gasteiger partial charge on any atom is -0.344 e. The minimum atomic E-state index is -0.174. The van der Waals surface area contributed by atoms with Gasteiger partial charge in [-0.25, -0.2) is 0 Å². The van der Waals surface area contributed by atoms with E-state index in [9.17, 15) is 4.79 Å². The zero-order valence-corrected chi connectivity index (χ0v) is 15.2. The van der Waals surface area contributed by atoms with Crippen molar-refractivity contribution >= 4 is 5.91 Å². The van der Waals surface area contributed by atoms with Gasteiger partial charge in [0.15, 0.2) is 0 Å². The number of nitrogens with one attached hydrogen (secondary N) is 3. The van der Waals surface area contributed by atoms with Gasteiger partial charge in [0.1, 0.15) is 0 Å². The van der Waals surface area contributed by atoms with Crippen LogP contribution >= 0.6 is 0 Å². The number of rotatable bonds is 10. The summed E-state index contributed by atoms with van der Waals surface area (Å²) in [7, 11) is 3.80. The van der Waals surface area contributed by atoms with Crippen LogP contribution in [0.15, 0.2) is 60.7 Å². The Bertz CT molecular complexity index is 576. The Labute approximate surface area is 151 Å². The van der Waals surface area contributed by atoms with Gasteiger partial charge in [0, 0.05) is 0 Å². The van der Waals surface area contributed by atoms with E-state index in [1.54, 1.807) is 0 Å². The van der Waals surface area contributed by atoms with Gasteiger partial charge in [-0.3, -0.25) is 4.79 Å². The molecule has 0 aliphatic rings. The molecule has 0 heterocycles. The van der Waals surface area contributed by atoms with Crippen LogP contribution < -0.4 is 16.0 Å². The Balaban J connectivity index is 2.09. The number of hydrogen-bond acceptors (Lipinski definition) is 3. The number of unbranched alkanes of at least 4 members (excludes halogenated alkanes) is 1. The Kier molecular flexibility index (Phi) is 8.16. The molecule has 134 valence electrons. The van der Waals surface area contributed by atoms with Crippen LogP contribution in [0.2, 0.25) is 0 Å². The standard InChI is InChI=1S/C21H29N3O/c1-22-16-10-9-15-19(23-2)21(25)24-20(17-11-5-3-6-12-17)18-13-7-4-8-14-18/h3-8,11-14,19-20,22-23H,9-10,15-16H2,1-2H3,(H,24,25). The van der Waals surface area contributed by atoms with Crippen LogP contribution in [0.25, 0.3) is 0 Å². The third kappa shape index (κ3) is 6.00. The smallest absolute Gasteiger partial charge is 0.237 e. The molecule has 0 bridgehead atoms. The Hall–Kier alpha value is -2.17. The second-order valence-corrected chi connectivity index (χ2v) is 6.20. The van der Waals surface area contributed by atoms with Gasteiger partial charge >= 0.3 is 0 Å². The van der Waals surface area contributed by atoms with E-state index >= 15 is 0 Å². The maximum Gasteiger partial charge on any atom is 0.237 e. The lowest BCUT2D eigenvalue weighted by molar-refractivity contribution is -0.123. The first-order chi connectivity index (χ1) is 12.3. The van der Waals surface area contributed by atoms with Crippen LogP contribution in [0, 0.1) is 0 Å². The van der Waals surface area contributed by atoms with E-state index in [0.717, 1.165) is 36.9 Å². The molecule has 0 fully saturated rings. The van der Waals surface area contributed by atoms with Gasteiger partial charge in [-0.1, -0.05) is 67.1 Å². The van der Waals surface area contributed by atoms with Crippen LogP contribution in [0.4, 0.5) is 0 Å². The second kappa shape index (κ2) is 10.6. The lowest BCUT2D eigenvalue weighted by Crippen LogP contribution is -2.44. The van der Waals surface area contributed by atoms with Crippen LogP contribution in [-0.4, -0.2) is 32.6 Å². The highest BCUT2D eigenvalue weighted by molar-refractivity contribution is 5.82.